The third-order valence-electron chi connectivity index (χ3n) is 4.90. The summed E-state index contributed by atoms with van der Waals surface area (Å²) in [6, 6.07) is 3.79. The van der Waals surface area contributed by atoms with Crippen LogP contribution in [0, 0.1) is 0 Å². The van der Waals surface area contributed by atoms with Gasteiger partial charge in [-0.25, -0.2) is 0 Å². The van der Waals surface area contributed by atoms with Crippen molar-refractivity contribution in [3.8, 4) is 0 Å². The Morgan fingerprint density at radius 1 is 1.23 bits per heavy atom. The second-order valence-corrected chi connectivity index (χ2v) is 6.76. The fourth-order valence-corrected chi connectivity index (χ4v) is 3.45. The second-order valence-electron chi connectivity index (χ2n) is 6.76. The molecule has 2 heterocycles. The molecule has 26 heavy (non-hydrogen) atoms. The number of rotatable bonds is 8. The minimum absolute atomic E-state index is 0.0449. The number of methoxy groups -OCH3 is 1. The predicted octanol–water partition coefficient (Wildman–Crippen LogP) is 2.46. The van der Waals surface area contributed by atoms with Crippen molar-refractivity contribution >= 4 is 16.8 Å². The van der Waals surface area contributed by atoms with E-state index in [2.05, 4.69) is 11.4 Å². The summed E-state index contributed by atoms with van der Waals surface area (Å²) in [6.07, 6.45) is 11.6. The van der Waals surface area contributed by atoms with Crippen molar-refractivity contribution in [1.82, 2.24) is 14.5 Å². The first-order valence-corrected chi connectivity index (χ1v) is 9.31. The van der Waals surface area contributed by atoms with Crippen LogP contribution in [0.4, 0.5) is 0 Å². The van der Waals surface area contributed by atoms with E-state index in [1.807, 2.05) is 22.9 Å². The minimum Gasteiger partial charge on any atom is -0.383 e. The Morgan fingerprint density at radius 2 is 2.04 bits per heavy atom. The Balaban J connectivity index is 1.62. The highest BCUT2D eigenvalue weighted by Gasteiger charge is 2.11. The minimum atomic E-state index is -0.145. The zero-order chi connectivity index (χ0) is 18.4. The maximum atomic E-state index is 12.7. The number of hydrogen-bond acceptors (Lipinski definition) is 3. The number of nitrogens with zero attached hydrogens (tertiary/aromatic N) is 2. The SMILES string of the molecule is COCCn1ccc2ccn(CC(=O)NCCC3=CCCCC3)c(=O)c21. The number of allylic oxidation sites excluding steroid dienone is 1. The zero-order valence-corrected chi connectivity index (χ0v) is 15.4. The molecule has 0 aliphatic heterocycles. The van der Waals surface area contributed by atoms with Crippen molar-refractivity contribution < 1.29 is 9.53 Å². The van der Waals surface area contributed by atoms with Crippen LogP contribution >= 0.6 is 0 Å². The van der Waals surface area contributed by atoms with Gasteiger partial charge >= 0.3 is 0 Å². The topological polar surface area (TPSA) is 65.3 Å². The smallest absolute Gasteiger partial charge is 0.275 e. The van der Waals surface area contributed by atoms with Gasteiger partial charge in [0.15, 0.2) is 0 Å². The molecule has 2 aromatic rings. The molecule has 0 radical (unpaired) electrons. The number of carbonyl (C=O) groups is 1. The van der Waals surface area contributed by atoms with Crippen molar-refractivity contribution in [2.24, 2.45) is 0 Å². The second kappa shape index (κ2) is 8.85. The third-order valence-corrected chi connectivity index (χ3v) is 4.90. The highest BCUT2D eigenvalue weighted by Crippen LogP contribution is 2.19. The molecular formula is C20H27N3O3. The molecule has 2 aromatic heterocycles. The van der Waals surface area contributed by atoms with Crippen molar-refractivity contribution in [3.63, 3.8) is 0 Å². The Labute approximate surface area is 153 Å². The van der Waals surface area contributed by atoms with Crippen LogP contribution in [-0.2, 0) is 22.6 Å². The van der Waals surface area contributed by atoms with Gasteiger partial charge in [0.05, 0.1) is 6.61 Å². The molecular weight excluding hydrogens is 330 g/mol. The first-order valence-electron chi connectivity index (χ1n) is 9.31. The molecule has 6 heteroatoms. The molecule has 1 aliphatic rings. The molecule has 1 N–H and O–H groups in total. The van der Waals surface area contributed by atoms with Gasteiger partial charge in [0.2, 0.25) is 5.91 Å². The summed E-state index contributed by atoms with van der Waals surface area (Å²) in [6.45, 7) is 1.82. The number of nitrogens with one attached hydrogen (secondary N) is 1. The first kappa shape index (κ1) is 18.5. The number of hydrogen-bond donors (Lipinski definition) is 1. The summed E-state index contributed by atoms with van der Waals surface area (Å²) in [5.41, 5.74) is 1.91. The van der Waals surface area contributed by atoms with E-state index in [0.717, 1.165) is 24.6 Å². The van der Waals surface area contributed by atoms with Gasteiger partial charge in [0.1, 0.15) is 12.1 Å². The van der Waals surface area contributed by atoms with Crippen LogP contribution in [0.15, 0.2) is 41.0 Å². The van der Waals surface area contributed by atoms with Crippen molar-refractivity contribution in [2.45, 2.75) is 45.2 Å². The lowest BCUT2D eigenvalue weighted by atomic mass is 9.97. The lowest BCUT2D eigenvalue weighted by molar-refractivity contribution is -0.121. The molecule has 0 fully saturated rings. The molecule has 6 nitrogen and oxygen atoms in total. The Hall–Kier alpha value is -2.34. The van der Waals surface area contributed by atoms with Gasteiger partial charge in [-0.3, -0.25) is 9.59 Å². The van der Waals surface area contributed by atoms with Crippen LogP contribution in [0.25, 0.3) is 10.9 Å². The number of aromatic nitrogens is 2. The normalized spacial score (nSPS) is 14.4. The van der Waals surface area contributed by atoms with Crippen LogP contribution in [0.3, 0.4) is 0 Å². The summed E-state index contributed by atoms with van der Waals surface area (Å²) < 4.78 is 8.45. The molecule has 0 bridgehead atoms. The van der Waals surface area contributed by atoms with Gasteiger partial charge in [-0.05, 0) is 44.2 Å². The molecule has 0 atom stereocenters. The molecule has 0 unspecified atom stereocenters. The van der Waals surface area contributed by atoms with Gasteiger partial charge in [0, 0.05) is 38.0 Å². The highest BCUT2D eigenvalue weighted by atomic mass is 16.5. The number of carbonyl (C=O) groups excluding carboxylic acids is 1. The number of fused-ring (bicyclic) bond motifs is 1. The zero-order valence-electron chi connectivity index (χ0n) is 15.4. The summed E-state index contributed by atoms with van der Waals surface area (Å²) in [5.74, 6) is -0.127. The summed E-state index contributed by atoms with van der Waals surface area (Å²) >= 11 is 0. The number of ether oxygens (including phenoxy) is 1. The van der Waals surface area contributed by atoms with E-state index in [1.54, 1.807) is 13.3 Å². The average molecular weight is 357 g/mol. The van der Waals surface area contributed by atoms with E-state index in [-0.39, 0.29) is 18.0 Å². The Morgan fingerprint density at radius 3 is 2.77 bits per heavy atom. The Kier molecular flexibility index (Phi) is 6.28. The van der Waals surface area contributed by atoms with Gasteiger partial charge < -0.3 is 19.2 Å². The molecule has 1 amide bonds. The Bertz CT molecular complexity index is 848. The maximum Gasteiger partial charge on any atom is 0.275 e. The van der Waals surface area contributed by atoms with Gasteiger partial charge in [-0.15, -0.1) is 0 Å². The predicted molar refractivity (Wildman–Crippen MR) is 102 cm³/mol. The van der Waals surface area contributed by atoms with E-state index in [0.29, 0.717) is 25.2 Å². The largest absolute Gasteiger partial charge is 0.383 e. The molecule has 0 spiro atoms. The fourth-order valence-electron chi connectivity index (χ4n) is 3.45. The molecule has 140 valence electrons. The van der Waals surface area contributed by atoms with Gasteiger partial charge in [-0.2, -0.15) is 0 Å². The summed E-state index contributed by atoms with van der Waals surface area (Å²) in [4.78, 5) is 25.0. The van der Waals surface area contributed by atoms with Crippen LogP contribution in [0.2, 0.25) is 0 Å². The van der Waals surface area contributed by atoms with Crippen LogP contribution in [0.1, 0.15) is 32.1 Å². The summed E-state index contributed by atoms with van der Waals surface area (Å²) in [5, 5.41) is 3.81. The maximum absolute atomic E-state index is 12.7. The van der Waals surface area contributed by atoms with Gasteiger partial charge in [-0.1, -0.05) is 11.6 Å². The number of pyridine rings is 1. The summed E-state index contributed by atoms with van der Waals surface area (Å²) in [7, 11) is 1.64. The molecule has 0 aromatic carbocycles. The first-order chi connectivity index (χ1) is 12.7. The van der Waals surface area contributed by atoms with Crippen molar-refractivity contribution in [2.75, 3.05) is 20.3 Å². The van der Waals surface area contributed by atoms with Crippen molar-refractivity contribution in [3.05, 3.63) is 46.5 Å². The van der Waals surface area contributed by atoms with Crippen LogP contribution < -0.4 is 10.9 Å². The lowest BCUT2D eigenvalue weighted by Gasteiger charge is -2.13. The van der Waals surface area contributed by atoms with Crippen LogP contribution in [0.5, 0.6) is 0 Å². The molecule has 1 aliphatic carbocycles. The molecule has 0 saturated heterocycles. The van der Waals surface area contributed by atoms with Gasteiger partial charge in [0.25, 0.3) is 5.56 Å². The lowest BCUT2D eigenvalue weighted by Crippen LogP contribution is -2.33. The van der Waals surface area contributed by atoms with E-state index in [4.69, 9.17) is 4.74 Å². The average Bonchev–Trinajstić information content (AvgIpc) is 3.07. The quantitative estimate of drug-likeness (QED) is 0.738. The third kappa shape index (κ3) is 4.43. The van der Waals surface area contributed by atoms with E-state index < -0.39 is 0 Å². The standard InChI is InChI=1S/C20H27N3O3/c1-26-14-13-22-11-8-17-9-12-23(20(25)19(17)22)15-18(24)21-10-7-16-5-3-2-4-6-16/h5,8-9,11-12H,2-4,6-7,10,13-15H2,1H3,(H,21,24). The highest BCUT2D eigenvalue weighted by molar-refractivity contribution is 5.80. The molecule has 0 saturated carbocycles. The van der Waals surface area contributed by atoms with Crippen molar-refractivity contribution in [1.29, 1.82) is 0 Å². The number of amides is 1. The van der Waals surface area contributed by atoms with Crippen LogP contribution in [-0.4, -0.2) is 35.3 Å². The fraction of sp³-hybridized carbons (Fsp3) is 0.500. The van der Waals surface area contributed by atoms with E-state index in [1.165, 1.54) is 23.0 Å². The molecule has 3 rings (SSSR count). The van der Waals surface area contributed by atoms with E-state index in [9.17, 15) is 9.59 Å². The monoisotopic (exact) mass is 357 g/mol. The van der Waals surface area contributed by atoms with E-state index >= 15 is 0 Å².